The summed E-state index contributed by atoms with van der Waals surface area (Å²) in [6.45, 7) is 1.15. The van der Waals surface area contributed by atoms with E-state index in [0.29, 0.717) is 18.5 Å². The van der Waals surface area contributed by atoms with E-state index in [1.165, 1.54) is 4.31 Å². The molecule has 1 aliphatic heterocycles. The van der Waals surface area contributed by atoms with Crippen molar-refractivity contribution in [2.75, 3.05) is 13.1 Å². The lowest BCUT2D eigenvalue weighted by Gasteiger charge is -2.25. The van der Waals surface area contributed by atoms with Gasteiger partial charge in [-0.15, -0.1) is 0 Å². The van der Waals surface area contributed by atoms with Gasteiger partial charge in [-0.25, -0.2) is 13.1 Å². The molecule has 0 aliphatic carbocycles. The molecule has 1 aromatic heterocycles. The molecule has 4 rings (SSSR count). The second-order valence-corrected chi connectivity index (χ2v) is 9.52. The third-order valence-electron chi connectivity index (χ3n) is 5.42. The number of hydrogen-bond acceptors (Lipinski definition) is 5. The van der Waals surface area contributed by atoms with Gasteiger partial charge >= 0.3 is 0 Å². The first kappa shape index (κ1) is 21.2. The Hall–Kier alpha value is -3.04. The summed E-state index contributed by atoms with van der Waals surface area (Å²) in [5, 5.41) is 8.04. The van der Waals surface area contributed by atoms with Crippen molar-refractivity contribution in [1.82, 2.24) is 19.4 Å². The van der Waals surface area contributed by atoms with Crippen LogP contribution in [-0.2, 0) is 27.9 Å². The number of sulfonamides is 1. The lowest BCUT2D eigenvalue weighted by molar-refractivity contribution is -0.122. The van der Waals surface area contributed by atoms with E-state index in [-0.39, 0.29) is 29.5 Å². The maximum Gasteiger partial charge on any atom is 0.275 e. The minimum Gasteiger partial charge on any atom is -0.350 e. The highest BCUT2D eigenvalue weighted by molar-refractivity contribution is 7.89. The average molecular weight is 441 g/mol. The number of amides is 1. The second kappa shape index (κ2) is 8.99. The molecule has 1 amide bonds. The highest BCUT2D eigenvalue weighted by Gasteiger charge is 2.25. The first-order valence-electron chi connectivity index (χ1n) is 10.3. The minimum absolute atomic E-state index is 0.189. The summed E-state index contributed by atoms with van der Waals surface area (Å²) in [7, 11) is -3.47. The first-order chi connectivity index (χ1) is 14.9. The zero-order valence-corrected chi connectivity index (χ0v) is 17.8. The maximum atomic E-state index is 12.7. The summed E-state index contributed by atoms with van der Waals surface area (Å²) in [6, 6.07) is 13.6. The van der Waals surface area contributed by atoms with Gasteiger partial charge in [0.25, 0.3) is 5.56 Å². The summed E-state index contributed by atoms with van der Waals surface area (Å²) < 4.78 is 28.1. The van der Waals surface area contributed by atoms with E-state index in [1.807, 2.05) is 6.07 Å². The summed E-state index contributed by atoms with van der Waals surface area (Å²) in [5.74, 6) is -0.352. The van der Waals surface area contributed by atoms with Gasteiger partial charge in [-0.3, -0.25) is 9.59 Å². The van der Waals surface area contributed by atoms with Crippen molar-refractivity contribution < 1.29 is 13.2 Å². The van der Waals surface area contributed by atoms with Crippen LogP contribution in [0.4, 0.5) is 0 Å². The zero-order valence-electron chi connectivity index (χ0n) is 17.0. The number of benzene rings is 2. The summed E-state index contributed by atoms with van der Waals surface area (Å²) in [4.78, 5) is 25.0. The quantitative estimate of drug-likeness (QED) is 0.631. The van der Waals surface area contributed by atoms with E-state index in [4.69, 9.17) is 0 Å². The molecule has 3 aromatic rings. The molecule has 0 spiro atoms. The fourth-order valence-electron chi connectivity index (χ4n) is 3.67. The van der Waals surface area contributed by atoms with Crippen LogP contribution in [-0.4, -0.2) is 41.5 Å². The van der Waals surface area contributed by atoms with Gasteiger partial charge in [0, 0.05) is 25.0 Å². The number of piperidine rings is 1. The van der Waals surface area contributed by atoms with Crippen LogP contribution in [0.1, 0.15) is 24.8 Å². The zero-order chi connectivity index (χ0) is 21.8. The third-order valence-corrected chi connectivity index (χ3v) is 7.33. The number of nitrogens with zero attached hydrogens (tertiary/aromatic N) is 3. The number of hydrogen-bond donors (Lipinski definition) is 1. The van der Waals surface area contributed by atoms with Gasteiger partial charge in [-0.05, 0) is 36.6 Å². The Morgan fingerprint density at radius 3 is 2.45 bits per heavy atom. The van der Waals surface area contributed by atoms with E-state index in [0.717, 1.165) is 34.9 Å². The Kier molecular flexibility index (Phi) is 6.15. The lowest BCUT2D eigenvalue weighted by Crippen LogP contribution is -2.35. The van der Waals surface area contributed by atoms with Crippen LogP contribution in [0, 0.1) is 0 Å². The molecule has 1 fully saturated rings. The molecular weight excluding hydrogens is 416 g/mol. The van der Waals surface area contributed by atoms with Crippen LogP contribution in [0.25, 0.3) is 10.8 Å². The first-order valence-corrected chi connectivity index (χ1v) is 11.7. The van der Waals surface area contributed by atoms with Crippen molar-refractivity contribution >= 4 is 26.7 Å². The lowest BCUT2D eigenvalue weighted by atomic mass is 10.2. The predicted octanol–water partition coefficient (Wildman–Crippen LogP) is 1.89. The predicted molar refractivity (Wildman–Crippen MR) is 117 cm³/mol. The molecule has 1 saturated heterocycles. The molecule has 0 bridgehead atoms. The van der Waals surface area contributed by atoms with Crippen molar-refractivity contribution in [1.29, 1.82) is 0 Å². The van der Waals surface area contributed by atoms with Gasteiger partial charge in [-0.2, -0.15) is 9.40 Å². The molecular formula is C22H24N4O4S. The molecule has 8 nitrogen and oxygen atoms in total. The molecule has 2 heterocycles. The van der Waals surface area contributed by atoms with E-state index in [2.05, 4.69) is 10.4 Å². The van der Waals surface area contributed by atoms with Crippen LogP contribution >= 0.6 is 0 Å². The minimum atomic E-state index is -3.47. The smallest absolute Gasteiger partial charge is 0.275 e. The van der Waals surface area contributed by atoms with Crippen molar-refractivity contribution in [3.63, 3.8) is 0 Å². The largest absolute Gasteiger partial charge is 0.350 e. The average Bonchev–Trinajstić information content (AvgIpc) is 2.80. The van der Waals surface area contributed by atoms with Crippen molar-refractivity contribution in [2.24, 2.45) is 0 Å². The van der Waals surface area contributed by atoms with Crippen LogP contribution < -0.4 is 10.9 Å². The fraction of sp³-hybridized carbons (Fsp3) is 0.318. The SMILES string of the molecule is O=C(Cn1ncc2ccccc2c1=O)NCc1ccc(S(=O)(=O)N2CCCCC2)cc1. The highest BCUT2D eigenvalue weighted by Crippen LogP contribution is 2.20. The molecule has 0 radical (unpaired) electrons. The highest BCUT2D eigenvalue weighted by atomic mass is 32.2. The van der Waals surface area contributed by atoms with Gasteiger partial charge in [0.15, 0.2) is 0 Å². The van der Waals surface area contributed by atoms with Crippen LogP contribution in [0.5, 0.6) is 0 Å². The van der Waals surface area contributed by atoms with E-state index in [9.17, 15) is 18.0 Å². The fourth-order valence-corrected chi connectivity index (χ4v) is 5.18. The topological polar surface area (TPSA) is 101 Å². The normalized spacial score (nSPS) is 15.1. The van der Waals surface area contributed by atoms with Crippen LogP contribution in [0.3, 0.4) is 0 Å². The van der Waals surface area contributed by atoms with Crippen LogP contribution in [0.2, 0.25) is 0 Å². The van der Waals surface area contributed by atoms with Gasteiger partial charge in [-0.1, -0.05) is 36.8 Å². The summed E-state index contributed by atoms with van der Waals surface area (Å²) in [5.41, 5.74) is 0.449. The Labute approximate surface area is 180 Å². The Balaban J connectivity index is 1.38. The maximum absolute atomic E-state index is 12.7. The Bertz CT molecular complexity index is 1250. The summed E-state index contributed by atoms with van der Waals surface area (Å²) >= 11 is 0. The molecule has 162 valence electrons. The van der Waals surface area contributed by atoms with Gasteiger partial charge in [0.05, 0.1) is 16.5 Å². The van der Waals surface area contributed by atoms with Crippen molar-refractivity contribution in [3.05, 3.63) is 70.6 Å². The number of nitrogens with one attached hydrogen (secondary N) is 1. The number of carbonyl (C=O) groups is 1. The molecule has 0 saturated carbocycles. The standard InChI is InChI=1S/C22H24N4O4S/c27-21(16-26-22(28)20-7-3-2-6-18(20)15-24-26)23-14-17-8-10-19(11-9-17)31(29,30)25-12-4-1-5-13-25/h2-3,6-11,15H,1,4-5,12-14,16H2,(H,23,27). The molecule has 0 atom stereocenters. The van der Waals surface area contributed by atoms with Gasteiger partial charge in [0.2, 0.25) is 15.9 Å². The Morgan fingerprint density at radius 1 is 1.00 bits per heavy atom. The number of aromatic nitrogens is 2. The van der Waals surface area contributed by atoms with E-state index >= 15 is 0 Å². The van der Waals surface area contributed by atoms with Gasteiger partial charge in [0.1, 0.15) is 6.54 Å². The monoisotopic (exact) mass is 440 g/mol. The number of rotatable bonds is 6. The van der Waals surface area contributed by atoms with Crippen LogP contribution in [0.15, 0.2) is 64.4 Å². The molecule has 31 heavy (non-hydrogen) atoms. The van der Waals surface area contributed by atoms with Crippen molar-refractivity contribution in [2.45, 2.75) is 37.2 Å². The molecule has 2 aromatic carbocycles. The molecule has 0 unspecified atom stereocenters. The second-order valence-electron chi connectivity index (χ2n) is 7.58. The third kappa shape index (κ3) is 4.67. The van der Waals surface area contributed by atoms with Crippen molar-refractivity contribution in [3.8, 4) is 0 Å². The molecule has 1 aliphatic rings. The van der Waals surface area contributed by atoms with E-state index < -0.39 is 10.0 Å². The summed E-state index contributed by atoms with van der Waals surface area (Å²) in [6.07, 6.45) is 4.40. The number of fused-ring (bicyclic) bond motifs is 1. The molecule has 1 N–H and O–H groups in total. The van der Waals surface area contributed by atoms with Gasteiger partial charge < -0.3 is 5.32 Å². The van der Waals surface area contributed by atoms with E-state index in [1.54, 1.807) is 48.7 Å². The Morgan fingerprint density at radius 2 is 1.71 bits per heavy atom. The number of carbonyl (C=O) groups excluding carboxylic acids is 1. The molecule has 9 heteroatoms.